The van der Waals surface area contributed by atoms with Crippen LogP contribution in [-0.4, -0.2) is 24.4 Å². The van der Waals surface area contributed by atoms with Gasteiger partial charge in [-0.1, -0.05) is 12.1 Å². The molecule has 0 saturated heterocycles. The Bertz CT molecular complexity index is 579. The number of esters is 1. The molecule has 2 amide bonds. The van der Waals surface area contributed by atoms with E-state index in [9.17, 15) is 14.4 Å². The minimum atomic E-state index is -0.523. The molecule has 0 aliphatic heterocycles. The van der Waals surface area contributed by atoms with Crippen LogP contribution in [0.2, 0.25) is 0 Å². The highest BCUT2D eigenvalue weighted by molar-refractivity contribution is 6.04. The minimum absolute atomic E-state index is 0.266. The summed E-state index contributed by atoms with van der Waals surface area (Å²) in [7, 11) is 0. The predicted octanol–water partition coefficient (Wildman–Crippen LogP) is 1.84. The molecule has 0 radical (unpaired) electrons. The van der Waals surface area contributed by atoms with Gasteiger partial charge in [0.2, 0.25) is 5.91 Å². The van der Waals surface area contributed by atoms with Crippen LogP contribution in [0.1, 0.15) is 31.1 Å². The molecular formula is C15H18N2O4. The second kappa shape index (κ2) is 7.84. The summed E-state index contributed by atoms with van der Waals surface area (Å²) >= 11 is 0. The smallest absolute Gasteiger partial charge is 0.332 e. The molecule has 1 rings (SSSR count). The number of ether oxygens (including phenoxy) is 1. The van der Waals surface area contributed by atoms with E-state index in [0.717, 1.165) is 0 Å². The maximum atomic E-state index is 12.1. The summed E-state index contributed by atoms with van der Waals surface area (Å²) in [5.41, 5.74) is 1.08. The highest BCUT2D eigenvalue weighted by atomic mass is 16.5. The molecule has 112 valence electrons. The van der Waals surface area contributed by atoms with E-state index in [4.69, 9.17) is 4.74 Å². The molecular weight excluding hydrogens is 272 g/mol. The van der Waals surface area contributed by atoms with Crippen molar-refractivity contribution in [3.8, 4) is 0 Å². The monoisotopic (exact) mass is 290 g/mol. The Kier molecular flexibility index (Phi) is 6.13. The first kappa shape index (κ1) is 16.4. The molecule has 0 fully saturated rings. The number of hydrogen-bond acceptors (Lipinski definition) is 4. The summed E-state index contributed by atoms with van der Waals surface area (Å²) in [5, 5.41) is 5.15. The fourth-order valence-electron chi connectivity index (χ4n) is 1.62. The van der Waals surface area contributed by atoms with E-state index in [1.165, 1.54) is 13.0 Å². The lowest BCUT2D eigenvalue weighted by Gasteiger charge is -2.10. The van der Waals surface area contributed by atoms with Crippen LogP contribution in [0.25, 0.3) is 0 Å². The van der Waals surface area contributed by atoms with Gasteiger partial charge in [0.05, 0.1) is 17.9 Å². The number of para-hydroxylation sites is 1. The molecule has 0 spiro atoms. The number of carbonyl (C=O) groups excluding carboxylic acids is 3. The van der Waals surface area contributed by atoms with Crippen LogP contribution in [0.3, 0.4) is 0 Å². The van der Waals surface area contributed by atoms with Crippen molar-refractivity contribution in [2.45, 2.75) is 20.8 Å². The van der Waals surface area contributed by atoms with Crippen LogP contribution in [0.5, 0.6) is 0 Å². The average Bonchev–Trinajstić information content (AvgIpc) is 2.38. The maximum Gasteiger partial charge on any atom is 0.332 e. The SMILES string of the molecule is CCOC(=O)/C=C(\C)NC(=O)c1ccccc1NC(C)=O. The molecule has 0 heterocycles. The second-order valence-electron chi connectivity index (χ2n) is 4.26. The summed E-state index contributed by atoms with van der Waals surface area (Å²) in [5.74, 6) is -1.21. The van der Waals surface area contributed by atoms with E-state index in [1.807, 2.05) is 0 Å². The molecule has 0 aliphatic rings. The van der Waals surface area contributed by atoms with Gasteiger partial charge < -0.3 is 15.4 Å². The molecule has 6 heteroatoms. The lowest BCUT2D eigenvalue weighted by atomic mass is 10.1. The lowest BCUT2D eigenvalue weighted by Crippen LogP contribution is -2.24. The van der Waals surface area contributed by atoms with Gasteiger partial charge in [-0.25, -0.2) is 4.79 Å². The zero-order valence-corrected chi connectivity index (χ0v) is 12.2. The second-order valence-corrected chi connectivity index (χ2v) is 4.26. The first-order valence-corrected chi connectivity index (χ1v) is 6.47. The molecule has 1 aromatic carbocycles. The van der Waals surface area contributed by atoms with E-state index in [0.29, 0.717) is 16.9 Å². The lowest BCUT2D eigenvalue weighted by molar-refractivity contribution is -0.137. The van der Waals surface area contributed by atoms with Gasteiger partial charge in [0.1, 0.15) is 0 Å². The third-order valence-corrected chi connectivity index (χ3v) is 2.41. The van der Waals surface area contributed by atoms with Crippen LogP contribution in [0.15, 0.2) is 36.0 Å². The van der Waals surface area contributed by atoms with Crippen molar-refractivity contribution < 1.29 is 19.1 Å². The standard InChI is InChI=1S/C15H18N2O4/c1-4-21-14(19)9-10(2)16-15(20)12-7-5-6-8-13(12)17-11(3)18/h5-9H,4H2,1-3H3,(H,16,20)(H,17,18)/b10-9+. The summed E-state index contributed by atoms with van der Waals surface area (Å²) in [6.07, 6.45) is 1.20. The van der Waals surface area contributed by atoms with Crippen molar-refractivity contribution in [3.05, 3.63) is 41.6 Å². The van der Waals surface area contributed by atoms with E-state index in [2.05, 4.69) is 10.6 Å². The van der Waals surface area contributed by atoms with Crippen LogP contribution >= 0.6 is 0 Å². The molecule has 0 aliphatic carbocycles. The number of allylic oxidation sites excluding steroid dienone is 1. The number of amides is 2. The van der Waals surface area contributed by atoms with Crippen molar-refractivity contribution in [3.63, 3.8) is 0 Å². The van der Waals surface area contributed by atoms with Gasteiger partial charge in [-0.3, -0.25) is 9.59 Å². The normalized spacial score (nSPS) is 10.7. The largest absolute Gasteiger partial charge is 0.463 e. The van der Waals surface area contributed by atoms with Gasteiger partial charge in [-0.15, -0.1) is 0 Å². The van der Waals surface area contributed by atoms with Crippen LogP contribution < -0.4 is 10.6 Å². The Hall–Kier alpha value is -2.63. The van der Waals surface area contributed by atoms with Crippen molar-refractivity contribution in [1.82, 2.24) is 5.32 Å². The van der Waals surface area contributed by atoms with Crippen molar-refractivity contribution in [2.24, 2.45) is 0 Å². The minimum Gasteiger partial charge on any atom is -0.463 e. The van der Waals surface area contributed by atoms with E-state index in [1.54, 1.807) is 38.1 Å². The van der Waals surface area contributed by atoms with Crippen molar-refractivity contribution >= 4 is 23.5 Å². The first-order chi connectivity index (χ1) is 9.93. The molecule has 0 bridgehead atoms. The first-order valence-electron chi connectivity index (χ1n) is 6.47. The Morgan fingerprint density at radius 3 is 2.48 bits per heavy atom. The molecule has 0 saturated carbocycles. The molecule has 0 aromatic heterocycles. The highest BCUT2D eigenvalue weighted by Crippen LogP contribution is 2.15. The molecule has 0 unspecified atom stereocenters. The van der Waals surface area contributed by atoms with E-state index >= 15 is 0 Å². The van der Waals surface area contributed by atoms with Gasteiger partial charge >= 0.3 is 5.97 Å². The number of rotatable bonds is 5. The van der Waals surface area contributed by atoms with Gasteiger partial charge in [0.15, 0.2) is 0 Å². The Labute approximate surface area is 123 Å². The van der Waals surface area contributed by atoms with Crippen molar-refractivity contribution in [2.75, 3.05) is 11.9 Å². The fraction of sp³-hybridized carbons (Fsp3) is 0.267. The topological polar surface area (TPSA) is 84.5 Å². The average molecular weight is 290 g/mol. The highest BCUT2D eigenvalue weighted by Gasteiger charge is 2.12. The maximum absolute atomic E-state index is 12.1. The Balaban J connectivity index is 2.85. The van der Waals surface area contributed by atoms with Crippen LogP contribution in [-0.2, 0) is 14.3 Å². The van der Waals surface area contributed by atoms with Gasteiger partial charge in [-0.2, -0.15) is 0 Å². The molecule has 6 nitrogen and oxygen atoms in total. The molecule has 2 N–H and O–H groups in total. The Morgan fingerprint density at radius 2 is 1.86 bits per heavy atom. The summed E-state index contributed by atoms with van der Waals surface area (Å²) in [4.78, 5) is 34.5. The van der Waals surface area contributed by atoms with E-state index < -0.39 is 11.9 Å². The zero-order chi connectivity index (χ0) is 15.8. The fourth-order valence-corrected chi connectivity index (χ4v) is 1.62. The third-order valence-electron chi connectivity index (χ3n) is 2.41. The van der Waals surface area contributed by atoms with Crippen molar-refractivity contribution in [1.29, 1.82) is 0 Å². The van der Waals surface area contributed by atoms with Crippen LogP contribution in [0.4, 0.5) is 5.69 Å². The zero-order valence-electron chi connectivity index (χ0n) is 12.2. The summed E-state index contributed by atoms with van der Waals surface area (Å²) < 4.78 is 4.75. The number of benzene rings is 1. The van der Waals surface area contributed by atoms with Crippen LogP contribution in [0, 0.1) is 0 Å². The number of hydrogen-bond donors (Lipinski definition) is 2. The van der Waals surface area contributed by atoms with Gasteiger partial charge in [0.25, 0.3) is 5.91 Å². The van der Waals surface area contributed by atoms with Gasteiger partial charge in [-0.05, 0) is 26.0 Å². The quantitative estimate of drug-likeness (QED) is 0.640. The Morgan fingerprint density at radius 1 is 1.19 bits per heavy atom. The molecule has 21 heavy (non-hydrogen) atoms. The predicted molar refractivity (Wildman–Crippen MR) is 78.6 cm³/mol. The molecule has 0 atom stereocenters. The third kappa shape index (κ3) is 5.48. The van der Waals surface area contributed by atoms with Gasteiger partial charge in [0, 0.05) is 18.7 Å². The number of nitrogens with one attached hydrogen (secondary N) is 2. The number of anilines is 1. The number of carbonyl (C=O) groups is 3. The van der Waals surface area contributed by atoms with E-state index in [-0.39, 0.29) is 12.5 Å². The summed E-state index contributed by atoms with van der Waals surface area (Å²) in [6.45, 7) is 4.90. The summed E-state index contributed by atoms with van der Waals surface area (Å²) in [6, 6.07) is 6.60. The molecule has 1 aromatic rings.